The Hall–Kier alpha value is -0.0857. The zero-order valence-corrected chi connectivity index (χ0v) is 19.3. The summed E-state index contributed by atoms with van der Waals surface area (Å²) in [6.45, 7) is 13.7. The number of rotatable bonds is 8. The van der Waals surface area contributed by atoms with Gasteiger partial charge in [-0.2, -0.15) is 5.92 Å². The molecule has 1 atom stereocenters. The molecule has 1 unspecified atom stereocenters. The van der Waals surface area contributed by atoms with Crippen LogP contribution in [0, 0.1) is 17.9 Å². The van der Waals surface area contributed by atoms with Crippen LogP contribution in [0.4, 0.5) is 0 Å². The van der Waals surface area contributed by atoms with Gasteiger partial charge in [0.2, 0.25) is 8.32 Å². The van der Waals surface area contributed by atoms with E-state index in [1.165, 1.54) is 11.2 Å². The first kappa shape index (κ1) is 24.9. The first-order valence-corrected chi connectivity index (χ1v) is 11.8. The van der Waals surface area contributed by atoms with E-state index in [1.54, 1.807) is 0 Å². The molecule has 0 heterocycles. The summed E-state index contributed by atoms with van der Waals surface area (Å²) in [4.78, 5) is 4.52. The fourth-order valence-corrected chi connectivity index (χ4v) is 6.25. The van der Waals surface area contributed by atoms with E-state index in [4.69, 9.17) is 4.43 Å². The van der Waals surface area contributed by atoms with Crippen molar-refractivity contribution in [3.05, 3.63) is 36.4 Å². The standard InChI is InChI=1S/C20H37N2OSi.Li/c1-16(2)19(21(5)6)20(17(3)4,22(7)8)23-24(9,10)18-14-12-11-13-15-18;/h11-17H,1-10H3;/q-1;+1. The predicted molar refractivity (Wildman–Crippen MR) is 108 cm³/mol. The third-order valence-electron chi connectivity index (χ3n) is 4.72. The average Bonchev–Trinajstić information content (AvgIpc) is 2.45. The van der Waals surface area contributed by atoms with Gasteiger partial charge >= 0.3 is 18.9 Å². The predicted octanol–water partition coefficient (Wildman–Crippen LogP) is 0.783. The summed E-state index contributed by atoms with van der Waals surface area (Å²) in [5.74, 6) is 0.744. The Kier molecular flexibility index (Phi) is 9.70. The quantitative estimate of drug-likeness (QED) is 0.389. The minimum Gasteiger partial charge on any atom is -0.455 e. The van der Waals surface area contributed by atoms with Crippen LogP contribution in [0.2, 0.25) is 13.1 Å². The van der Waals surface area contributed by atoms with E-state index in [0.29, 0.717) is 11.8 Å². The molecule has 0 fully saturated rings. The molecule has 0 bridgehead atoms. The van der Waals surface area contributed by atoms with Crippen LogP contribution in [-0.2, 0) is 4.43 Å². The zero-order valence-electron chi connectivity index (χ0n) is 18.3. The fraction of sp³-hybridized carbons (Fsp3) is 0.650. The number of nitrogens with zero attached hydrogens (tertiary/aromatic N) is 2. The van der Waals surface area contributed by atoms with Gasteiger partial charge in [0.1, 0.15) is 0 Å². The van der Waals surface area contributed by atoms with Crippen molar-refractivity contribution in [1.29, 1.82) is 0 Å². The molecule has 1 aromatic carbocycles. The van der Waals surface area contributed by atoms with E-state index in [1.807, 2.05) is 0 Å². The Morgan fingerprint density at radius 2 is 1.44 bits per heavy atom. The monoisotopic (exact) mass is 356 g/mol. The molecule has 0 saturated carbocycles. The van der Waals surface area contributed by atoms with Gasteiger partial charge in [0, 0.05) is 5.72 Å². The molecule has 1 aromatic rings. The topological polar surface area (TPSA) is 15.7 Å². The second kappa shape index (κ2) is 9.73. The van der Waals surface area contributed by atoms with Crippen LogP contribution in [0.25, 0.3) is 0 Å². The molecule has 0 saturated heterocycles. The number of benzene rings is 1. The number of hydrogen-bond donors (Lipinski definition) is 0. The summed E-state index contributed by atoms with van der Waals surface area (Å²) in [5.41, 5.74) is -0.413. The Morgan fingerprint density at radius 1 is 0.960 bits per heavy atom. The zero-order chi connectivity index (χ0) is 18.7. The maximum Gasteiger partial charge on any atom is 1.00 e. The second-order valence-electron chi connectivity index (χ2n) is 8.16. The van der Waals surface area contributed by atoms with Crippen molar-refractivity contribution in [3.8, 4) is 0 Å². The normalized spacial score (nSPS) is 15.2. The summed E-state index contributed by atoms with van der Waals surface area (Å²) in [6.07, 6.45) is 0. The first-order chi connectivity index (χ1) is 11.0. The van der Waals surface area contributed by atoms with Crippen molar-refractivity contribution in [1.82, 2.24) is 9.80 Å². The van der Waals surface area contributed by atoms with Crippen LogP contribution in [0.1, 0.15) is 27.7 Å². The molecule has 5 heteroatoms. The van der Waals surface area contributed by atoms with Gasteiger partial charge in [-0.1, -0.05) is 58.0 Å². The summed E-state index contributed by atoms with van der Waals surface area (Å²) in [5, 5.41) is 1.33. The molecule has 0 aliphatic rings. The molecular formula is C20H37LiN2OSi. The summed E-state index contributed by atoms with van der Waals surface area (Å²) >= 11 is 0. The van der Waals surface area contributed by atoms with Crippen LogP contribution < -0.4 is 24.0 Å². The third kappa shape index (κ3) is 5.45. The van der Waals surface area contributed by atoms with E-state index in [-0.39, 0.29) is 18.9 Å². The van der Waals surface area contributed by atoms with Gasteiger partial charge in [0.05, 0.1) is 0 Å². The number of hydrogen-bond acceptors (Lipinski definition) is 3. The Labute approximate surface area is 169 Å². The van der Waals surface area contributed by atoms with Crippen LogP contribution in [0.3, 0.4) is 0 Å². The van der Waals surface area contributed by atoms with Gasteiger partial charge in [-0.15, -0.1) is 0 Å². The molecule has 0 spiro atoms. The van der Waals surface area contributed by atoms with Crippen LogP contribution in [0.5, 0.6) is 0 Å². The molecular weight excluding hydrogens is 319 g/mol. The van der Waals surface area contributed by atoms with Gasteiger partial charge in [0.25, 0.3) is 0 Å². The Bertz CT molecular complexity index is 488. The third-order valence-corrected chi connectivity index (χ3v) is 7.27. The van der Waals surface area contributed by atoms with E-state index < -0.39 is 14.0 Å². The molecule has 3 nitrogen and oxygen atoms in total. The molecule has 0 amide bonds. The van der Waals surface area contributed by atoms with Crippen molar-refractivity contribution >= 4 is 13.5 Å². The molecule has 0 aliphatic heterocycles. The Balaban J connectivity index is 0.00000576. The van der Waals surface area contributed by atoms with E-state index >= 15 is 0 Å². The molecule has 0 aliphatic carbocycles. The minimum absolute atomic E-state index is 0. The van der Waals surface area contributed by atoms with Crippen LogP contribution >= 0.6 is 0 Å². The van der Waals surface area contributed by atoms with Crippen molar-refractivity contribution in [2.75, 3.05) is 28.2 Å². The van der Waals surface area contributed by atoms with E-state index in [0.717, 1.165) is 0 Å². The molecule has 1 rings (SSSR count). The van der Waals surface area contributed by atoms with Gasteiger partial charge < -0.3 is 14.2 Å². The molecule has 0 radical (unpaired) electrons. The van der Waals surface area contributed by atoms with Crippen molar-refractivity contribution in [2.45, 2.75) is 46.5 Å². The minimum atomic E-state index is -2.08. The van der Waals surface area contributed by atoms with Crippen molar-refractivity contribution in [3.63, 3.8) is 0 Å². The first-order valence-electron chi connectivity index (χ1n) is 8.94. The van der Waals surface area contributed by atoms with Gasteiger partial charge in [-0.05, 0) is 52.4 Å². The van der Waals surface area contributed by atoms with Gasteiger partial charge in [0.15, 0.2) is 0 Å². The Morgan fingerprint density at radius 3 is 1.76 bits per heavy atom. The van der Waals surface area contributed by atoms with Crippen LogP contribution in [0.15, 0.2) is 30.3 Å². The summed E-state index contributed by atoms with van der Waals surface area (Å²) in [7, 11) is 6.47. The number of likely N-dealkylation sites (N-methyl/N-ethyl adjacent to an activating group) is 2. The summed E-state index contributed by atoms with van der Waals surface area (Å²) in [6, 6.07) is 12.0. The molecule has 0 N–H and O–H groups in total. The van der Waals surface area contributed by atoms with E-state index in [2.05, 4.69) is 109 Å². The van der Waals surface area contributed by atoms with E-state index in [9.17, 15) is 0 Å². The maximum atomic E-state index is 7.11. The SMILES string of the molecule is CC(C)[C-](N(C)C)C(O[Si](C)(C)c1ccccc1)(C(C)C)N(C)C.[Li+]. The molecule has 138 valence electrons. The van der Waals surface area contributed by atoms with Gasteiger partial charge in [-0.3, -0.25) is 0 Å². The smallest absolute Gasteiger partial charge is 0.455 e. The largest absolute Gasteiger partial charge is 1.00 e. The maximum absolute atomic E-state index is 7.11. The van der Waals surface area contributed by atoms with Gasteiger partial charge in [-0.25, -0.2) is 6.04 Å². The molecule has 25 heavy (non-hydrogen) atoms. The fourth-order valence-electron chi connectivity index (χ4n) is 3.84. The summed E-state index contributed by atoms with van der Waals surface area (Å²) < 4.78 is 7.11. The van der Waals surface area contributed by atoms with Crippen molar-refractivity contribution < 1.29 is 23.3 Å². The average molecular weight is 357 g/mol. The molecule has 0 aromatic heterocycles. The van der Waals surface area contributed by atoms with Crippen molar-refractivity contribution in [2.24, 2.45) is 11.8 Å². The van der Waals surface area contributed by atoms with Crippen LogP contribution in [-0.4, -0.2) is 52.0 Å². The second-order valence-corrected chi connectivity index (χ2v) is 12.0.